The third-order valence-corrected chi connectivity index (χ3v) is 17.6. The largest absolute Gasteiger partial charge is 1.00 e. The summed E-state index contributed by atoms with van der Waals surface area (Å²) in [6, 6.07) is 31.8. The second-order valence-corrected chi connectivity index (χ2v) is 17.0. The van der Waals surface area contributed by atoms with Gasteiger partial charge in [0.1, 0.15) is 0 Å². The molecule has 4 heteroatoms. The van der Waals surface area contributed by atoms with Gasteiger partial charge in [-0.2, -0.15) is 0 Å². The third kappa shape index (κ3) is 5.01. The molecule has 0 amide bonds. The van der Waals surface area contributed by atoms with Gasteiger partial charge >= 0.3 is 205 Å². The van der Waals surface area contributed by atoms with E-state index in [0.29, 0.717) is 3.67 Å². The van der Waals surface area contributed by atoms with E-state index in [9.17, 15) is 0 Å². The minimum Gasteiger partial charge on any atom is -1.00 e. The molecule has 3 atom stereocenters. The summed E-state index contributed by atoms with van der Waals surface area (Å²) >= 11 is -1.01. The minimum absolute atomic E-state index is 0. The van der Waals surface area contributed by atoms with Crippen LogP contribution < -0.4 is 35.4 Å². The molecule has 0 bridgehead atoms. The van der Waals surface area contributed by atoms with Crippen LogP contribution in [0.15, 0.2) is 114 Å². The number of allylic oxidation sites excluding steroid dienone is 5. The molecule has 3 aromatic rings. The standard InChI is InChI=1S/C21H16P.C9H11.2ClH.Hf/c1-3-11-19(12-4-1)22(20-13-5-2-6-14-20)21-15-17-9-7-8-10-18(17)16-21;1-2-5-9-7-3-6-8(9)4-1;;;/h1-16H;1-2,4,6,9H,3,5,7H2;2*1H;/q;;;;+2/p-2. The Morgan fingerprint density at radius 2 is 1.38 bits per heavy atom. The zero-order chi connectivity index (χ0) is 21.3. The smallest absolute Gasteiger partial charge is 1.00 e. The van der Waals surface area contributed by atoms with Crippen LogP contribution in [0.1, 0.15) is 34.1 Å². The number of halogens is 2. The molecule has 1 fully saturated rings. The van der Waals surface area contributed by atoms with Crippen LogP contribution in [0.3, 0.4) is 0 Å². The Kier molecular flexibility index (Phi) is 8.86. The van der Waals surface area contributed by atoms with Gasteiger partial charge in [0.05, 0.1) is 0 Å². The molecule has 0 radical (unpaired) electrons. The summed E-state index contributed by atoms with van der Waals surface area (Å²) < 4.78 is 1.61. The molecule has 0 N–H and O–H groups in total. The summed E-state index contributed by atoms with van der Waals surface area (Å²) in [5.74, 6) is 0.839. The van der Waals surface area contributed by atoms with Crippen LogP contribution in [0, 0.1) is 5.92 Å². The Morgan fingerprint density at radius 3 is 2.09 bits per heavy atom. The van der Waals surface area contributed by atoms with E-state index in [-0.39, 0.29) is 24.8 Å². The average molecular weight is 668 g/mol. The minimum atomic E-state index is -1.01. The Morgan fingerprint density at radius 1 is 0.735 bits per heavy atom. The second-order valence-electron chi connectivity index (χ2n) is 8.96. The van der Waals surface area contributed by atoms with E-state index in [1.807, 2.05) is 5.57 Å². The molecule has 1 saturated carbocycles. The van der Waals surface area contributed by atoms with Gasteiger partial charge in [-0.25, -0.2) is 0 Å². The van der Waals surface area contributed by atoms with Gasteiger partial charge in [-0.15, -0.1) is 0 Å². The summed E-state index contributed by atoms with van der Waals surface area (Å²) in [6.07, 6.45) is 13.9. The van der Waals surface area contributed by atoms with E-state index in [4.69, 9.17) is 0 Å². The summed E-state index contributed by atoms with van der Waals surface area (Å²) in [7, 11) is -0.501. The zero-order valence-electron chi connectivity index (χ0n) is 18.9. The van der Waals surface area contributed by atoms with Crippen molar-refractivity contribution in [3.05, 3.63) is 125 Å². The van der Waals surface area contributed by atoms with Crippen molar-refractivity contribution in [2.75, 3.05) is 0 Å². The van der Waals surface area contributed by atoms with Crippen LogP contribution in [-0.2, 0) is 22.9 Å². The van der Waals surface area contributed by atoms with Crippen molar-refractivity contribution in [2.45, 2.75) is 26.6 Å². The molecular weight excluding hydrogens is 641 g/mol. The quantitative estimate of drug-likeness (QED) is 0.285. The maximum atomic E-state index is 2.58. The first-order chi connectivity index (χ1) is 15.9. The van der Waals surface area contributed by atoms with E-state index in [2.05, 4.69) is 109 Å². The normalized spacial score (nSPS) is 22.0. The van der Waals surface area contributed by atoms with E-state index in [1.165, 1.54) is 35.4 Å². The monoisotopic (exact) mass is 668 g/mol. The third-order valence-electron chi connectivity index (χ3n) is 7.08. The van der Waals surface area contributed by atoms with Crippen molar-refractivity contribution in [2.24, 2.45) is 5.92 Å². The molecule has 170 valence electrons. The molecular formula is C30H27Cl2HfP. The van der Waals surface area contributed by atoms with Gasteiger partial charge in [0.2, 0.25) is 0 Å². The van der Waals surface area contributed by atoms with Crippen LogP contribution >= 0.6 is 7.92 Å². The van der Waals surface area contributed by atoms with Crippen molar-refractivity contribution in [3.8, 4) is 0 Å². The molecule has 3 aromatic carbocycles. The number of rotatable bonds is 5. The molecule has 0 aromatic heterocycles. The fraction of sp³-hybridized carbons (Fsp3) is 0.200. The van der Waals surface area contributed by atoms with Crippen LogP contribution in [0.25, 0.3) is 6.08 Å². The van der Waals surface area contributed by atoms with E-state index >= 15 is 0 Å². The molecule has 0 heterocycles. The first-order valence-corrected chi connectivity index (χ1v) is 17.2. The Hall–Kier alpha value is -1.24. The average Bonchev–Trinajstić information content (AvgIpc) is 3.43. The summed E-state index contributed by atoms with van der Waals surface area (Å²) in [5, 5.41) is 4.70. The van der Waals surface area contributed by atoms with E-state index in [1.54, 1.807) is 10.9 Å². The fourth-order valence-electron chi connectivity index (χ4n) is 5.57. The maximum Gasteiger partial charge on any atom is -1.00 e. The number of hydrogen-bond donors (Lipinski definition) is 0. The first-order valence-electron chi connectivity index (χ1n) is 11.7. The zero-order valence-corrected chi connectivity index (χ0v) is 24.9. The predicted octanol–water partition coefficient (Wildman–Crippen LogP) is 1.39. The molecule has 0 saturated heterocycles. The van der Waals surface area contributed by atoms with Gasteiger partial charge in [0.25, 0.3) is 0 Å². The fourth-order valence-corrected chi connectivity index (χ4v) is 17.1. The Balaban J connectivity index is 0.00000137. The van der Waals surface area contributed by atoms with Gasteiger partial charge in [-0.3, -0.25) is 0 Å². The molecule has 0 spiro atoms. The van der Waals surface area contributed by atoms with Crippen LogP contribution in [-0.4, -0.2) is 0 Å². The van der Waals surface area contributed by atoms with Crippen molar-refractivity contribution in [1.82, 2.24) is 0 Å². The SMILES string of the molecule is C1=CCC2CC[CH]([Hf+2][CH]3C(P(c4ccccc4)c4ccccc4)=Cc4ccccc43)C2=C1.[Cl-].[Cl-]. The van der Waals surface area contributed by atoms with Crippen LogP contribution in [0.2, 0.25) is 3.67 Å². The maximum absolute atomic E-state index is 2.58. The molecule has 3 aliphatic rings. The molecule has 3 aliphatic carbocycles. The first kappa shape index (κ1) is 25.8. The molecule has 0 nitrogen and oxygen atoms in total. The van der Waals surface area contributed by atoms with Gasteiger partial charge < -0.3 is 24.8 Å². The number of hydrogen-bond acceptors (Lipinski definition) is 0. The van der Waals surface area contributed by atoms with Gasteiger partial charge in [0.15, 0.2) is 0 Å². The van der Waals surface area contributed by atoms with Gasteiger partial charge in [-0.1, -0.05) is 0 Å². The Bertz CT molecular complexity index is 1160. The van der Waals surface area contributed by atoms with Crippen LogP contribution in [0.5, 0.6) is 0 Å². The van der Waals surface area contributed by atoms with Crippen molar-refractivity contribution >= 4 is 24.6 Å². The van der Waals surface area contributed by atoms with E-state index < -0.39 is 30.8 Å². The number of fused-ring (bicyclic) bond motifs is 2. The van der Waals surface area contributed by atoms with Crippen LogP contribution in [0.4, 0.5) is 0 Å². The van der Waals surface area contributed by atoms with Gasteiger partial charge in [0, 0.05) is 0 Å². The van der Waals surface area contributed by atoms with Gasteiger partial charge in [-0.05, 0) is 0 Å². The molecule has 3 unspecified atom stereocenters. The second kappa shape index (κ2) is 11.7. The molecule has 34 heavy (non-hydrogen) atoms. The van der Waals surface area contributed by atoms with Crippen molar-refractivity contribution < 1.29 is 47.7 Å². The summed E-state index contributed by atoms with van der Waals surface area (Å²) in [4.78, 5) is 0. The number of benzene rings is 3. The summed E-state index contributed by atoms with van der Waals surface area (Å²) in [6.45, 7) is 0. The van der Waals surface area contributed by atoms with Crippen molar-refractivity contribution in [1.29, 1.82) is 0 Å². The topological polar surface area (TPSA) is 0 Å². The Labute approximate surface area is 228 Å². The predicted molar refractivity (Wildman–Crippen MR) is 135 cm³/mol. The summed E-state index contributed by atoms with van der Waals surface area (Å²) in [5.41, 5.74) is 4.91. The molecule has 6 rings (SSSR count). The molecule has 0 aliphatic heterocycles. The van der Waals surface area contributed by atoms with Crippen molar-refractivity contribution in [3.63, 3.8) is 0 Å². The van der Waals surface area contributed by atoms with E-state index in [0.717, 1.165) is 9.59 Å².